The van der Waals surface area contributed by atoms with Gasteiger partial charge in [0.2, 0.25) is 0 Å². The molecule has 0 aliphatic carbocycles. The van der Waals surface area contributed by atoms with E-state index in [1.54, 1.807) is 26.3 Å². The number of nitrogens with zero attached hydrogens (tertiary/aromatic N) is 2. The Hall–Kier alpha value is -2.87. The fraction of sp³-hybridized carbons (Fsp3) is 0.409. The Balaban J connectivity index is 2.02. The van der Waals surface area contributed by atoms with E-state index >= 15 is 0 Å². The smallest absolute Gasteiger partial charge is 0.387 e. The predicted molar refractivity (Wildman–Crippen MR) is 115 cm³/mol. The summed E-state index contributed by atoms with van der Waals surface area (Å²) in [5.74, 6) is 1.53. The number of guanidine groups is 1. The molecule has 2 aromatic rings. The molecule has 6 nitrogen and oxygen atoms in total. The van der Waals surface area contributed by atoms with Crippen molar-refractivity contribution in [2.75, 3.05) is 34.8 Å². The van der Waals surface area contributed by atoms with E-state index in [0.29, 0.717) is 24.6 Å². The molecule has 1 atom stereocenters. The van der Waals surface area contributed by atoms with Crippen molar-refractivity contribution in [2.24, 2.45) is 4.99 Å². The van der Waals surface area contributed by atoms with Gasteiger partial charge in [0.1, 0.15) is 11.5 Å². The van der Waals surface area contributed by atoms with Crippen LogP contribution in [0.3, 0.4) is 0 Å². The third-order valence-corrected chi connectivity index (χ3v) is 4.69. The van der Waals surface area contributed by atoms with E-state index in [9.17, 15) is 8.78 Å². The molecule has 0 heterocycles. The summed E-state index contributed by atoms with van der Waals surface area (Å²) in [6.07, 6.45) is 0. The Morgan fingerprint density at radius 2 is 1.80 bits per heavy atom. The predicted octanol–water partition coefficient (Wildman–Crippen LogP) is 3.57. The first kappa shape index (κ1) is 23.4. The van der Waals surface area contributed by atoms with Crippen LogP contribution in [0.4, 0.5) is 8.78 Å². The molecule has 0 aliphatic rings. The molecular formula is C22H30F2N4O2. The topological polar surface area (TPSA) is 58.1 Å². The van der Waals surface area contributed by atoms with Crippen LogP contribution in [0.1, 0.15) is 22.7 Å². The van der Waals surface area contributed by atoms with Gasteiger partial charge >= 0.3 is 6.61 Å². The lowest BCUT2D eigenvalue weighted by atomic mass is 10.1. The second-order valence-corrected chi connectivity index (χ2v) is 7.05. The number of ether oxygens (including phenoxy) is 2. The van der Waals surface area contributed by atoms with Crippen LogP contribution in [0.25, 0.3) is 0 Å². The standard InChI is InChI=1S/C22H30F2N4O2/c1-15-6-11-20(30-21(23)24)17(12-15)13-26-22(25-2)27-14-19(28(3)4)16-7-9-18(29-5)10-8-16/h6-12,19,21H,13-14H2,1-5H3,(H2,25,26,27). The van der Waals surface area contributed by atoms with Crippen LogP contribution < -0.4 is 20.1 Å². The van der Waals surface area contributed by atoms with Crippen LogP contribution in [-0.4, -0.2) is 52.3 Å². The largest absolute Gasteiger partial charge is 0.497 e. The highest BCUT2D eigenvalue weighted by molar-refractivity contribution is 5.79. The van der Waals surface area contributed by atoms with Crippen molar-refractivity contribution in [3.63, 3.8) is 0 Å². The molecule has 0 bridgehead atoms. The van der Waals surface area contributed by atoms with E-state index in [4.69, 9.17) is 4.74 Å². The summed E-state index contributed by atoms with van der Waals surface area (Å²) in [5.41, 5.74) is 2.73. The summed E-state index contributed by atoms with van der Waals surface area (Å²) >= 11 is 0. The molecule has 30 heavy (non-hydrogen) atoms. The lowest BCUT2D eigenvalue weighted by Gasteiger charge is -2.26. The van der Waals surface area contributed by atoms with E-state index in [1.165, 1.54) is 0 Å². The number of hydrogen-bond donors (Lipinski definition) is 2. The van der Waals surface area contributed by atoms with Crippen molar-refractivity contribution in [2.45, 2.75) is 26.1 Å². The number of halogens is 2. The molecule has 2 N–H and O–H groups in total. The maximum Gasteiger partial charge on any atom is 0.387 e. The third-order valence-electron chi connectivity index (χ3n) is 4.69. The maximum atomic E-state index is 12.7. The van der Waals surface area contributed by atoms with E-state index in [0.717, 1.165) is 16.9 Å². The van der Waals surface area contributed by atoms with E-state index in [-0.39, 0.29) is 11.8 Å². The van der Waals surface area contributed by atoms with Crippen LogP contribution in [0, 0.1) is 6.92 Å². The number of hydrogen-bond acceptors (Lipinski definition) is 4. The number of methoxy groups -OCH3 is 1. The first-order chi connectivity index (χ1) is 14.3. The number of aryl methyl sites for hydroxylation is 1. The van der Waals surface area contributed by atoms with Crippen molar-refractivity contribution in [1.29, 1.82) is 0 Å². The van der Waals surface area contributed by atoms with Gasteiger partial charge in [-0.05, 0) is 44.8 Å². The van der Waals surface area contributed by atoms with Crippen molar-refractivity contribution >= 4 is 5.96 Å². The maximum absolute atomic E-state index is 12.7. The molecule has 0 amide bonds. The monoisotopic (exact) mass is 420 g/mol. The molecular weight excluding hydrogens is 390 g/mol. The molecule has 0 aliphatic heterocycles. The van der Waals surface area contributed by atoms with Crippen molar-refractivity contribution in [1.82, 2.24) is 15.5 Å². The number of nitrogens with one attached hydrogen (secondary N) is 2. The Kier molecular flexibility index (Phi) is 8.86. The second-order valence-electron chi connectivity index (χ2n) is 7.05. The molecule has 0 saturated heterocycles. The molecule has 1 unspecified atom stereocenters. The highest BCUT2D eigenvalue weighted by atomic mass is 19.3. The van der Waals surface area contributed by atoms with Crippen LogP contribution in [0.2, 0.25) is 0 Å². The molecule has 0 saturated carbocycles. The number of benzene rings is 2. The summed E-state index contributed by atoms with van der Waals surface area (Å²) in [5, 5.41) is 6.47. The Bertz CT molecular complexity index is 826. The number of alkyl halides is 2. The Morgan fingerprint density at radius 1 is 1.10 bits per heavy atom. The van der Waals surface area contributed by atoms with Gasteiger partial charge in [-0.1, -0.05) is 29.8 Å². The number of rotatable bonds is 9. The van der Waals surface area contributed by atoms with Crippen molar-refractivity contribution < 1.29 is 18.3 Å². The summed E-state index contributed by atoms with van der Waals surface area (Å²) in [4.78, 5) is 6.34. The van der Waals surface area contributed by atoms with Crippen molar-refractivity contribution in [3.05, 3.63) is 59.2 Å². The average Bonchev–Trinajstić information content (AvgIpc) is 2.72. The fourth-order valence-corrected chi connectivity index (χ4v) is 3.07. The van der Waals surface area contributed by atoms with Gasteiger partial charge in [0.05, 0.1) is 13.2 Å². The molecule has 164 valence electrons. The minimum absolute atomic E-state index is 0.103. The first-order valence-electron chi connectivity index (χ1n) is 9.63. The van der Waals surface area contributed by atoms with Gasteiger partial charge in [-0.3, -0.25) is 4.99 Å². The zero-order valence-electron chi connectivity index (χ0n) is 18.1. The minimum atomic E-state index is -2.87. The highest BCUT2D eigenvalue weighted by Gasteiger charge is 2.15. The highest BCUT2D eigenvalue weighted by Crippen LogP contribution is 2.22. The first-order valence-corrected chi connectivity index (χ1v) is 9.63. The lowest BCUT2D eigenvalue weighted by molar-refractivity contribution is -0.0504. The number of aliphatic imine (C=N–C) groups is 1. The molecule has 0 fully saturated rings. The Labute approximate surface area is 176 Å². The molecule has 2 rings (SSSR count). The zero-order chi connectivity index (χ0) is 22.1. The zero-order valence-corrected chi connectivity index (χ0v) is 18.1. The fourth-order valence-electron chi connectivity index (χ4n) is 3.07. The summed E-state index contributed by atoms with van der Waals surface area (Å²) < 4.78 is 35.2. The third kappa shape index (κ3) is 6.88. The van der Waals surface area contributed by atoms with Gasteiger partial charge in [0.25, 0.3) is 0 Å². The van der Waals surface area contributed by atoms with Crippen LogP contribution >= 0.6 is 0 Å². The van der Waals surface area contributed by atoms with Gasteiger partial charge in [-0.15, -0.1) is 0 Å². The lowest BCUT2D eigenvalue weighted by Crippen LogP contribution is -2.41. The van der Waals surface area contributed by atoms with Crippen LogP contribution in [0.5, 0.6) is 11.5 Å². The normalized spacial score (nSPS) is 12.8. The van der Waals surface area contributed by atoms with Gasteiger partial charge in [0, 0.05) is 25.7 Å². The molecule has 8 heteroatoms. The summed E-state index contributed by atoms with van der Waals surface area (Å²) in [7, 11) is 7.32. The SMILES string of the molecule is CN=C(NCc1cc(C)ccc1OC(F)F)NCC(c1ccc(OC)cc1)N(C)C. The van der Waals surface area contributed by atoms with E-state index < -0.39 is 6.61 Å². The van der Waals surface area contributed by atoms with E-state index in [2.05, 4.69) is 25.3 Å². The Morgan fingerprint density at radius 3 is 2.37 bits per heavy atom. The van der Waals surface area contributed by atoms with Gasteiger partial charge < -0.3 is 25.0 Å². The van der Waals surface area contributed by atoms with Gasteiger partial charge in [-0.25, -0.2) is 0 Å². The molecule has 0 spiro atoms. The van der Waals surface area contributed by atoms with Gasteiger partial charge in [0.15, 0.2) is 5.96 Å². The van der Waals surface area contributed by atoms with Gasteiger partial charge in [-0.2, -0.15) is 8.78 Å². The van der Waals surface area contributed by atoms with Crippen LogP contribution in [-0.2, 0) is 6.54 Å². The molecule has 0 aromatic heterocycles. The average molecular weight is 421 g/mol. The van der Waals surface area contributed by atoms with Crippen molar-refractivity contribution in [3.8, 4) is 11.5 Å². The summed E-state index contributed by atoms with van der Waals surface area (Å²) in [6.45, 7) is -0.0559. The minimum Gasteiger partial charge on any atom is -0.497 e. The number of likely N-dealkylation sites (N-methyl/N-ethyl adjacent to an activating group) is 1. The summed E-state index contributed by atoms with van der Waals surface area (Å²) in [6, 6.07) is 13.1. The quantitative estimate of drug-likeness (QED) is 0.480. The molecule has 0 radical (unpaired) electrons. The molecule has 2 aromatic carbocycles. The van der Waals surface area contributed by atoms with E-state index in [1.807, 2.05) is 51.4 Å². The second kappa shape index (κ2) is 11.3. The van der Waals surface area contributed by atoms with Crippen LogP contribution in [0.15, 0.2) is 47.5 Å².